The minimum Gasteiger partial charge on any atom is -0.351 e. The van der Waals surface area contributed by atoms with Crippen molar-refractivity contribution in [1.82, 2.24) is 10.0 Å². The number of benzene rings is 2. The number of carbonyl (C=O) groups excluding carboxylic acids is 1. The normalized spacial score (nSPS) is 20.3. The number of sulfone groups is 1. The molecule has 1 aliphatic heterocycles. The van der Waals surface area contributed by atoms with Gasteiger partial charge in [-0.3, -0.25) is 4.79 Å². The largest absolute Gasteiger partial charge is 0.351 e. The predicted molar refractivity (Wildman–Crippen MR) is 108 cm³/mol. The van der Waals surface area contributed by atoms with Crippen LogP contribution in [-0.4, -0.2) is 46.3 Å². The van der Waals surface area contributed by atoms with Crippen molar-refractivity contribution in [2.24, 2.45) is 5.92 Å². The summed E-state index contributed by atoms with van der Waals surface area (Å²) in [7, 11) is -7.07. The van der Waals surface area contributed by atoms with Crippen LogP contribution >= 0.6 is 0 Å². The van der Waals surface area contributed by atoms with E-state index in [1.54, 1.807) is 26.0 Å². The summed E-state index contributed by atoms with van der Waals surface area (Å²) in [5, 5.41) is 4.38. The molecular weight excluding hydrogens is 400 g/mol. The van der Waals surface area contributed by atoms with E-state index in [1.165, 1.54) is 6.07 Å². The Morgan fingerprint density at radius 3 is 2.39 bits per heavy atom. The topological polar surface area (TPSA) is 109 Å². The fraction of sp³-hybridized carbons (Fsp3) is 0.421. The highest BCUT2D eigenvalue weighted by Crippen LogP contribution is 2.20. The monoisotopic (exact) mass is 424 g/mol. The van der Waals surface area contributed by atoms with Gasteiger partial charge >= 0.3 is 0 Å². The van der Waals surface area contributed by atoms with E-state index < -0.39 is 37.9 Å². The van der Waals surface area contributed by atoms with E-state index in [-0.39, 0.29) is 22.3 Å². The zero-order valence-electron chi connectivity index (χ0n) is 15.8. The van der Waals surface area contributed by atoms with Gasteiger partial charge in [-0.1, -0.05) is 44.2 Å². The molecule has 2 atom stereocenters. The van der Waals surface area contributed by atoms with Crippen molar-refractivity contribution < 1.29 is 21.6 Å². The summed E-state index contributed by atoms with van der Waals surface area (Å²) >= 11 is 0. The van der Waals surface area contributed by atoms with Gasteiger partial charge in [-0.05, 0) is 35.2 Å². The van der Waals surface area contributed by atoms with Gasteiger partial charge in [0.15, 0.2) is 9.84 Å². The molecule has 1 amide bonds. The van der Waals surface area contributed by atoms with Crippen LogP contribution in [0.5, 0.6) is 0 Å². The van der Waals surface area contributed by atoms with E-state index in [1.807, 2.05) is 24.3 Å². The summed E-state index contributed by atoms with van der Waals surface area (Å²) in [5.41, 5.74) is 0. The van der Waals surface area contributed by atoms with Crippen LogP contribution < -0.4 is 10.0 Å². The van der Waals surface area contributed by atoms with Gasteiger partial charge in [-0.25, -0.2) is 16.8 Å². The Morgan fingerprint density at radius 1 is 1.11 bits per heavy atom. The maximum Gasteiger partial charge on any atom is 0.241 e. The Morgan fingerprint density at radius 2 is 1.79 bits per heavy atom. The number of fused-ring (bicyclic) bond motifs is 1. The Hall–Kier alpha value is -1.97. The van der Waals surface area contributed by atoms with Crippen LogP contribution in [0.4, 0.5) is 0 Å². The second-order valence-electron chi connectivity index (χ2n) is 7.46. The third-order valence-electron chi connectivity index (χ3n) is 4.84. The summed E-state index contributed by atoms with van der Waals surface area (Å²) in [6.45, 7) is 3.47. The molecule has 0 saturated carbocycles. The molecule has 1 saturated heterocycles. The number of sulfonamides is 1. The first-order valence-corrected chi connectivity index (χ1v) is 12.4. The first kappa shape index (κ1) is 20.8. The highest BCUT2D eigenvalue weighted by atomic mass is 32.2. The van der Waals surface area contributed by atoms with Gasteiger partial charge < -0.3 is 5.32 Å². The van der Waals surface area contributed by atoms with Crippen molar-refractivity contribution in [3.8, 4) is 0 Å². The van der Waals surface area contributed by atoms with Gasteiger partial charge in [0.1, 0.15) is 6.04 Å². The summed E-state index contributed by atoms with van der Waals surface area (Å²) in [4.78, 5) is 12.7. The summed E-state index contributed by atoms with van der Waals surface area (Å²) in [6.07, 6.45) is 0.344. The molecule has 1 heterocycles. The molecule has 3 rings (SSSR count). The van der Waals surface area contributed by atoms with Crippen molar-refractivity contribution >= 4 is 36.5 Å². The van der Waals surface area contributed by atoms with E-state index in [9.17, 15) is 21.6 Å². The molecule has 7 nitrogen and oxygen atoms in total. The molecule has 0 radical (unpaired) electrons. The van der Waals surface area contributed by atoms with Crippen molar-refractivity contribution in [3.63, 3.8) is 0 Å². The molecule has 28 heavy (non-hydrogen) atoms. The third-order valence-corrected chi connectivity index (χ3v) is 8.05. The second kappa shape index (κ2) is 7.81. The van der Waals surface area contributed by atoms with E-state index in [4.69, 9.17) is 0 Å². The first-order valence-electron chi connectivity index (χ1n) is 9.09. The predicted octanol–water partition coefficient (Wildman–Crippen LogP) is 1.45. The maximum absolute atomic E-state index is 12.8. The zero-order chi connectivity index (χ0) is 20.5. The average molecular weight is 425 g/mol. The third kappa shape index (κ3) is 4.71. The van der Waals surface area contributed by atoms with Gasteiger partial charge in [-0.2, -0.15) is 4.72 Å². The van der Waals surface area contributed by atoms with Crippen LogP contribution in [0, 0.1) is 5.92 Å². The Labute approximate surface area is 165 Å². The number of amides is 1. The van der Waals surface area contributed by atoms with E-state index in [2.05, 4.69) is 10.0 Å². The number of carbonyl (C=O) groups is 1. The molecule has 9 heteroatoms. The zero-order valence-corrected chi connectivity index (χ0v) is 17.4. The van der Waals surface area contributed by atoms with Crippen LogP contribution in [-0.2, 0) is 24.7 Å². The molecule has 0 aromatic heterocycles. The average Bonchev–Trinajstić information content (AvgIpc) is 2.97. The lowest BCUT2D eigenvalue weighted by Gasteiger charge is -2.23. The number of hydrogen-bond donors (Lipinski definition) is 2. The fourth-order valence-corrected chi connectivity index (χ4v) is 6.31. The Kier molecular flexibility index (Phi) is 5.79. The van der Waals surface area contributed by atoms with E-state index >= 15 is 0 Å². The molecule has 2 N–H and O–H groups in total. The molecule has 1 aliphatic rings. The second-order valence-corrected chi connectivity index (χ2v) is 11.4. The molecule has 0 aliphatic carbocycles. The van der Waals surface area contributed by atoms with Gasteiger partial charge in [-0.15, -0.1) is 0 Å². The van der Waals surface area contributed by atoms with Crippen LogP contribution in [0.25, 0.3) is 10.8 Å². The number of rotatable bonds is 6. The smallest absolute Gasteiger partial charge is 0.241 e. The molecule has 2 aromatic rings. The van der Waals surface area contributed by atoms with Crippen LogP contribution in [0.15, 0.2) is 47.4 Å². The van der Waals surface area contributed by atoms with Crippen molar-refractivity contribution in [2.75, 3.05) is 11.5 Å². The summed E-state index contributed by atoms with van der Waals surface area (Å²) in [5.74, 6) is -0.900. The summed E-state index contributed by atoms with van der Waals surface area (Å²) in [6, 6.07) is 10.7. The first-order chi connectivity index (χ1) is 13.1. The standard InChI is InChI=1S/C19H24N2O5S2/c1-13(2)18(19(22)20-16-9-10-27(23,24)12-16)21-28(25,26)17-8-7-14-5-3-4-6-15(14)11-17/h3-8,11,13,16,18,21H,9-10,12H2,1-2H3,(H,20,22). The quantitative estimate of drug-likeness (QED) is 0.729. The molecule has 2 unspecified atom stereocenters. The summed E-state index contributed by atoms with van der Waals surface area (Å²) < 4.78 is 51.3. The molecule has 152 valence electrons. The number of nitrogens with one attached hydrogen (secondary N) is 2. The van der Waals surface area contributed by atoms with E-state index in [0.717, 1.165) is 10.8 Å². The van der Waals surface area contributed by atoms with Gasteiger partial charge in [0, 0.05) is 6.04 Å². The van der Waals surface area contributed by atoms with Crippen molar-refractivity contribution in [1.29, 1.82) is 0 Å². The molecule has 0 spiro atoms. The fourth-order valence-electron chi connectivity index (χ4n) is 3.26. The van der Waals surface area contributed by atoms with Crippen LogP contribution in [0.3, 0.4) is 0 Å². The molecule has 0 bridgehead atoms. The SMILES string of the molecule is CC(C)C(NS(=O)(=O)c1ccc2ccccc2c1)C(=O)NC1CCS(=O)(=O)C1. The molecule has 2 aromatic carbocycles. The lowest BCUT2D eigenvalue weighted by Crippen LogP contribution is -2.52. The van der Waals surface area contributed by atoms with E-state index in [0.29, 0.717) is 6.42 Å². The maximum atomic E-state index is 12.8. The Bertz CT molecular complexity index is 1090. The molecule has 1 fully saturated rings. The van der Waals surface area contributed by atoms with Crippen molar-refractivity contribution in [3.05, 3.63) is 42.5 Å². The lowest BCUT2D eigenvalue weighted by molar-refractivity contribution is -0.124. The molecular formula is C19H24N2O5S2. The van der Waals surface area contributed by atoms with Gasteiger partial charge in [0.25, 0.3) is 0 Å². The minimum atomic E-state index is -3.93. The highest BCUT2D eigenvalue weighted by Gasteiger charge is 2.33. The van der Waals surface area contributed by atoms with Crippen molar-refractivity contribution in [2.45, 2.75) is 37.2 Å². The highest BCUT2D eigenvalue weighted by molar-refractivity contribution is 7.91. The Balaban J connectivity index is 1.79. The minimum absolute atomic E-state index is 0.0348. The van der Waals surface area contributed by atoms with Gasteiger partial charge in [0.05, 0.1) is 16.4 Å². The van der Waals surface area contributed by atoms with Crippen LogP contribution in [0.2, 0.25) is 0 Å². The number of hydrogen-bond acceptors (Lipinski definition) is 5. The lowest BCUT2D eigenvalue weighted by atomic mass is 10.0. The van der Waals surface area contributed by atoms with Crippen LogP contribution in [0.1, 0.15) is 20.3 Å². The van der Waals surface area contributed by atoms with Gasteiger partial charge in [0.2, 0.25) is 15.9 Å².